The highest BCUT2D eigenvalue weighted by Gasteiger charge is 2.03. The number of nitrogens with zero attached hydrogens (tertiary/aromatic N) is 1. The van der Waals surface area contributed by atoms with E-state index in [4.69, 9.17) is 15.2 Å². The number of rotatable bonds is 6. The topological polar surface area (TPSA) is 57.4 Å². The Morgan fingerprint density at radius 3 is 2.87 bits per heavy atom. The Hall–Kier alpha value is -1.29. The van der Waals surface area contributed by atoms with Crippen molar-refractivity contribution in [3.8, 4) is 5.88 Å². The molecule has 0 bridgehead atoms. The number of aromatic nitrogens is 1. The Morgan fingerprint density at radius 1 is 1.33 bits per heavy atom. The van der Waals surface area contributed by atoms with E-state index in [-0.39, 0.29) is 0 Å². The third-order valence-corrected chi connectivity index (χ3v) is 1.99. The molecule has 0 spiro atoms. The van der Waals surface area contributed by atoms with Crippen molar-refractivity contribution in [3.63, 3.8) is 0 Å². The van der Waals surface area contributed by atoms with Crippen molar-refractivity contribution in [2.24, 2.45) is 0 Å². The summed E-state index contributed by atoms with van der Waals surface area (Å²) < 4.78 is 10.7. The van der Waals surface area contributed by atoms with Crippen molar-refractivity contribution in [3.05, 3.63) is 17.8 Å². The summed E-state index contributed by atoms with van der Waals surface area (Å²) in [7, 11) is 0. The Kier molecular flexibility index (Phi) is 4.90. The summed E-state index contributed by atoms with van der Waals surface area (Å²) in [6, 6.07) is 1.86. The van der Waals surface area contributed by atoms with Crippen molar-refractivity contribution >= 4 is 5.69 Å². The molecule has 4 heteroatoms. The summed E-state index contributed by atoms with van der Waals surface area (Å²) in [6.45, 7) is 5.82. The molecule has 0 amide bonds. The van der Waals surface area contributed by atoms with Crippen LogP contribution in [0.2, 0.25) is 0 Å². The largest absolute Gasteiger partial charge is 0.474 e. The fourth-order valence-electron chi connectivity index (χ4n) is 1.10. The van der Waals surface area contributed by atoms with Crippen LogP contribution in [0.4, 0.5) is 5.69 Å². The fraction of sp³-hybridized carbons (Fsp3) is 0.545. The second kappa shape index (κ2) is 6.24. The van der Waals surface area contributed by atoms with Crippen LogP contribution < -0.4 is 10.5 Å². The third-order valence-electron chi connectivity index (χ3n) is 1.99. The number of ether oxygens (including phenoxy) is 2. The number of nitrogens with two attached hydrogens (primary N) is 1. The minimum absolute atomic E-state index is 0.487. The van der Waals surface area contributed by atoms with Crippen molar-refractivity contribution in [2.75, 3.05) is 25.6 Å². The minimum Gasteiger partial charge on any atom is -0.474 e. The summed E-state index contributed by atoms with van der Waals surface area (Å²) in [5.74, 6) is 0.495. The Balaban J connectivity index is 2.34. The van der Waals surface area contributed by atoms with E-state index in [0.717, 1.165) is 18.6 Å². The lowest BCUT2D eigenvalue weighted by atomic mass is 10.2. The number of aryl methyl sites for hydroxylation is 1. The number of hydrogen-bond donors (Lipinski definition) is 1. The second-order valence-corrected chi connectivity index (χ2v) is 3.31. The molecule has 1 heterocycles. The van der Waals surface area contributed by atoms with Gasteiger partial charge in [-0.2, -0.15) is 0 Å². The molecule has 0 radical (unpaired) electrons. The standard InChI is InChI=1S/C11H18N2O2/c1-3-6-14-7-8-15-11-10(12)9(2)4-5-13-11/h4-5H,3,6-8,12H2,1-2H3. The molecule has 0 saturated heterocycles. The molecule has 0 aromatic carbocycles. The van der Waals surface area contributed by atoms with E-state index in [9.17, 15) is 0 Å². The van der Waals surface area contributed by atoms with Gasteiger partial charge in [-0.25, -0.2) is 4.98 Å². The summed E-state index contributed by atoms with van der Waals surface area (Å²) in [5, 5.41) is 0. The molecule has 1 aromatic heterocycles. The summed E-state index contributed by atoms with van der Waals surface area (Å²) in [5.41, 5.74) is 7.38. The van der Waals surface area contributed by atoms with Crippen molar-refractivity contribution in [1.29, 1.82) is 0 Å². The van der Waals surface area contributed by atoms with Crippen LogP contribution in [0.25, 0.3) is 0 Å². The maximum Gasteiger partial charge on any atom is 0.237 e. The van der Waals surface area contributed by atoms with Gasteiger partial charge in [-0.1, -0.05) is 6.92 Å². The average Bonchev–Trinajstić information content (AvgIpc) is 2.24. The van der Waals surface area contributed by atoms with Crippen LogP contribution in [0, 0.1) is 6.92 Å². The minimum atomic E-state index is 0.487. The maximum atomic E-state index is 5.80. The fourth-order valence-corrected chi connectivity index (χ4v) is 1.10. The Bertz CT molecular complexity index is 303. The molecule has 0 aliphatic rings. The lowest BCUT2D eigenvalue weighted by molar-refractivity contribution is 0.0993. The van der Waals surface area contributed by atoms with Crippen LogP contribution in [0.15, 0.2) is 12.3 Å². The van der Waals surface area contributed by atoms with E-state index < -0.39 is 0 Å². The maximum absolute atomic E-state index is 5.80. The zero-order chi connectivity index (χ0) is 11.1. The highest BCUT2D eigenvalue weighted by atomic mass is 16.5. The first kappa shape index (κ1) is 11.8. The monoisotopic (exact) mass is 210 g/mol. The molecule has 2 N–H and O–H groups in total. The van der Waals surface area contributed by atoms with Crippen LogP contribution in [-0.2, 0) is 4.74 Å². The van der Waals surface area contributed by atoms with Crippen LogP contribution in [-0.4, -0.2) is 24.8 Å². The SMILES string of the molecule is CCCOCCOc1nccc(C)c1N. The molecule has 15 heavy (non-hydrogen) atoms. The molecule has 0 unspecified atom stereocenters. The van der Waals surface area contributed by atoms with Gasteiger partial charge >= 0.3 is 0 Å². The van der Waals surface area contributed by atoms with Gasteiger partial charge in [0.2, 0.25) is 5.88 Å². The quantitative estimate of drug-likeness (QED) is 0.727. The van der Waals surface area contributed by atoms with Gasteiger partial charge in [0.05, 0.1) is 12.3 Å². The van der Waals surface area contributed by atoms with Gasteiger partial charge in [-0.3, -0.25) is 0 Å². The first-order chi connectivity index (χ1) is 7.25. The molecule has 84 valence electrons. The molecule has 1 aromatic rings. The second-order valence-electron chi connectivity index (χ2n) is 3.31. The van der Waals surface area contributed by atoms with Gasteiger partial charge in [-0.15, -0.1) is 0 Å². The van der Waals surface area contributed by atoms with Gasteiger partial charge in [0.25, 0.3) is 0 Å². The summed E-state index contributed by atoms with van der Waals surface area (Å²) in [4.78, 5) is 4.05. The highest BCUT2D eigenvalue weighted by molar-refractivity contribution is 5.53. The smallest absolute Gasteiger partial charge is 0.237 e. The summed E-state index contributed by atoms with van der Waals surface area (Å²) in [6.07, 6.45) is 2.71. The zero-order valence-corrected chi connectivity index (χ0v) is 9.32. The molecule has 1 rings (SSSR count). The zero-order valence-electron chi connectivity index (χ0n) is 9.32. The van der Waals surface area contributed by atoms with Crippen molar-refractivity contribution in [2.45, 2.75) is 20.3 Å². The number of pyridine rings is 1. The van der Waals surface area contributed by atoms with Gasteiger partial charge in [0.1, 0.15) is 6.61 Å². The van der Waals surface area contributed by atoms with Crippen LogP contribution in [0.3, 0.4) is 0 Å². The Labute approximate surface area is 90.4 Å². The first-order valence-corrected chi connectivity index (χ1v) is 5.17. The molecule has 0 aliphatic heterocycles. The third kappa shape index (κ3) is 3.75. The lowest BCUT2D eigenvalue weighted by Gasteiger charge is -2.09. The van der Waals surface area contributed by atoms with Crippen molar-refractivity contribution < 1.29 is 9.47 Å². The van der Waals surface area contributed by atoms with E-state index in [1.165, 1.54) is 0 Å². The van der Waals surface area contributed by atoms with Gasteiger partial charge in [-0.05, 0) is 25.0 Å². The molecule has 0 atom stereocenters. The number of anilines is 1. The highest BCUT2D eigenvalue weighted by Crippen LogP contribution is 2.20. The van der Waals surface area contributed by atoms with Crippen LogP contribution >= 0.6 is 0 Å². The van der Waals surface area contributed by atoms with Gasteiger partial charge in [0, 0.05) is 12.8 Å². The van der Waals surface area contributed by atoms with Crippen LogP contribution in [0.1, 0.15) is 18.9 Å². The Morgan fingerprint density at radius 2 is 2.13 bits per heavy atom. The average molecular weight is 210 g/mol. The van der Waals surface area contributed by atoms with E-state index in [2.05, 4.69) is 11.9 Å². The molecule has 0 fully saturated rings. The molecular weight excluding hydrogens is 192 g/mol. The van der Waals surface area contributed by atoms with E-state index in [1.54, 1.807) is 6.20 Å². The first-order valence-electron chi connectivity index (χ1n) is 5.17. The predicted octanol–water partition coefficient (Wildman–Crippen LogP) is 1.78. The van der Waals surface area contributed by atoms with E-state index in [0.29, 0.717) is 24.8 Å². The molecule has 0 aliphatic carbocycles. The summed E-state index contributed by atoms with van der Waals surface area (Å²) >= 11 is 0. The predicted molar refractivity (Wildman–Crippen MR) is 60.0 cm³/mol. The number of hydrogen-bond acceptors (Lipinski definition) is 4. The van der Waals surface area contributed by atoms with Crippen LogP contribution in [0.5, 0.6) is 5.88 Å². The number of nitrogen functional groups attached to an aromatic ring is 1. The van der Waals surface area contributed by atoms with Crippen molar-refractivity contribution in [1.82, 2.24) is 4.98 Å². The van der Waals surface area contributed by atoms with E-state index >= 15 is 0 Å². The van der Waals surface area contributed by atoms with E-state index in [1.807, 2.05) is 13.0 Å². The van der Waals surface area contributed by atoms with Gasteiger partial charge < -0.3 is 15.2 Å². The molecule has 0 saturated carbocycles. The molecule has 4 nitrogen and oxygen atoms in total. The van der Waals surface area contributed by atoms with Gasteiger partial charge in [0.15, 0.2) is 0 Å². The normalized spacial score (nSPS) is 10.3. The molecular formula is C11H18N2O2. The lowest BCUT2D eigenvalue weighted by Crippen LogP contribution is -2.09.